The van der Waals surface area contributed by atoms with Crippen LogP contribution in [0.5, 0.6) is 0 Å². The van der Waals surface area contributed by atoms with Gasteiger partial charge < -0.3 is 15.4 Å². The molecule has 1 amide bonds. The minimum absolute atomic E-state index is 0.208. The van der Waals surface area contributed by atoms with Crippen LogP contribution >= 0.6 is 0 Å². The number of hydrogen-bond acceptors (Lipinski definition) is 5. The summed E-state index contributed by atoms with van der Waals surface area (Å²) in [5.41, 5.74) is 3.67. The molecule has 0 aliphatic rings. The van der Waals surface area contributed by atoms with Gasteiger partial charge in [0.05, 0.1) is 0 Å². The minimum atomic E-state index is -0.208. The average molecular weight is 328 g/mol. The summed E-state index contributed by atoms with van der Waals surface area (Å²) < 4.78 is 4.97. The van der Waals surface area contributed by atoms with Gasteiger partial charge in [-0.3, -0.25) is 4.79 Å². The van der Waals surface area contributed by atoms with Crippen LogP contribution in [0.1, 0.15) is 33.9 Å². The summed E-state index contributed by atoms with van der Waals surface area (Å²) in [5.74, 6) is 0.950. The van der Waals surface area contributed by atoms with Gasteiger partial charge in [-0.05, 0) is 44.4 Å². The Hall–Kier alpha value is -2.47. The van der Waals surface area contributed by atoms with Crippen molar-refractivity contribution in [2.75, 3.05) is 25.6 Å². The summed E-state index contributed by atoms with van der Waals surface area (Å²) >= 11 is 0. The lowest BCUT2D eigenvalue weighted by Gasteiger charge is -2.12. The minimum Gasteiger partial charge on any atom is -0.385 e. The van der Waals surface area contributed by atoms with Crippen LogP contribution < -0.4 is 10.6 Å². The molecule has 0 saturated heterocycles. The van der Waals surface area contributed by atoms with Crippen molar-refractivity contribution >= 4 is 17.4 Å². The molecule has 1 aromatic carbocycles. The second kappa shape index (κ2) is 8.40. The van der Waals surface area contributed by atoms with Crippen LogP contribution in [0.15, 0.2) is 24.3 Å². The molecule has 2 aromatic rings. The number of nitrogens with zero attached hydrogens (tertiary/aromatic N) is 2. The Morgan fingerprint density at radius 1 is 1.21 bits per heavy atom. The SMILES string of the molecule is COCCCNC(=O)c1cc(Nc2cccc(C)c2C)nc(C)n1. The Labute approximate surface area is 142 Å². The van der Waals surface area contributed by atoms with Gasteiger partial charge in [0.2, 0.25) is 0 Å². The predicted octanol–water partition coefficient (Wildman–Crippen LogP) is 2.91. The van der Waals surface area contributed by atoms with E-state index in [9.17, 15) is 4.79 Å². The number of aryl methyl sites for hydroxylation is 2. The number of ether oxygens (including phenoxy) is 1. The second-order valence-corrected chi connectivity index (χ2v) is 5.66. The lowest BCUT2D eigenvalue weighted by Crippen LogP contribution is -2.26. The number of rotatable bonds is 7. The molecule has 0 radical (unpaired) electrons. The average Bonchev–Trinajstić information content (AvgIpc) is 2.55. The van der Waals surface area contributed by atoms with Crippen molar-refractivity contribution in [3.8, 4) is 0 Å². The Kier molecular flexibility index (Phi) is 6.26. The molecule has 0 aliphatic carbocycles. The first-order valence-electron chi connectivity index (χ1n) is 7.97. The largest absolute Gasteiger partial charge is 0.385 e. The number of anilines is 2. The van der Waals surface area contributed by atoms with Crippen molar-refractivity contribution in [1.29, 1.82) is 0 Å². The van der Waals surface area contributed by atoms with E-state index >= 15 is 0 Å². The fraction of sp³-hybridized carbons (Fsp3) is 0.389. The van der Waals surface area contributed by atoms with Gasteiger partial charge in [-0.1, -0.05) is 12.1 Å². The first-order valence-corrected chi connectivity index (χ1v) is 7.97. The van der Waals surface area contributed by atoms with Crippen molar-refractivity contribution < 1.29 is 9.53 Å². The maximum absolute atomic E-state index is 12.2. The van der Waals surface area contributed by atoms with Crippen LogP contribution in [0.2, 0.25) is 0 Å². The summed E-state index contributed by atoms with van der Waals surface area (Å²) in [6, 6.07) is 7.71. The van der Waals surface area contributed by atoms with Crippen molar-refractivity contribution in [3.63, 3.8) is 0 Å². The van der Waals surface area contributed by atoms with E-state index in [-0.39, 0.29) is 5.91 Å². The van der Waals surface area contributed by atoms with E-state index in [1.54, 1.807) is 20.1 Å². The maximum Gasteiger partial charge on any atom is 0.270 e. The summed E-state index contributed by atoms with van der Waals surface area (Å²) in [4.78, 5) is 20.8. The number of carbonyl (C=O) groups excluding carboxylic acids is 1. The molecular weight excluding hydrogens is 304 g/mol. The van der Waals surface area contributed by atoms with E-state index in [0.717, 1.165) is 17.7 Å². The van der Waals surface area contributed by atoms with Gasteiger partial charge in [0.25, 0.3) is 5.91 Å². The number of nitrogens with one attached hydrogen (secondary N) is 2. The van der Waals surface area contributed by atoms with Gasteiger partial charge >= 0.3 is 0 Å². The number of amides is 1. The highest BCUT2D eigenvalue weighted by Gasteiger charge is 2.11. The van der Waals surface area contributed by atoms with Crippen LogP contribution in [0.4, 0.5) is 11.5 Å². The summed E-state index contributed by atoms with van der Waals surface area (Å²) in [6.07, 6.45) is 0.764. The van der Waals surface area contributed by atoms with E-state index in [0.29, 0.717) is 30.5 Å². The third-order valence-corrected chi connectivity index (χ3v) is 3.75. The van der Waals surface area contributed by atoms with Gasteiger partial charge in [-0.15, -0.1) is 0 Å². The van der Waals surface area contributed by atoms with Crippen LogP contribution in [-0.4, -0.2) is 36.1 Å². The monoisotopic (exact) mass is 328 g/mol. The smallest absolute Gasteiger partial charge is 0.270 e. The Morgan fingerprint density at radius 3 is 2.75 bits per heavy atom. The van der Waals surface area contributed by atoms with Crippen molar-refractivity contribution in [1.82, 2.24) is 15.3 Å². The lowest BCUT2D eigenvalue weighted by atomic mass is 10.1. The fourth-order valence-corrected chi connectivity index (χ4v) is 2.28. The zero-order chi connectivity index (χ0) is 17.5. The van der Waals surface area contributed by atoms with Crippen LogP contribution in [0, 0.1) is 20.8 Å². The third kappa shape index (κ3) is 4.76. The molecule has 0 atom stereocenters. The molecule has 0 saturated carbocycles. The first-order chi connectivity index (χ1) is 11.5. The molecule has 128 valence electrons. The lowest BCUT2D eigenvalue weighted by molar-refractivity contribution is 0.0943. The zero-order valence-corrected chi connectivity index (χ0v) is 14.6. The van der Waals surface area contributed by atoms with Crippen molar-refractivity contribution in [2.24, 2.45) is 0 Å². The van der Waals surface area contributed by atoms with Gasteiger partial charge in [0.1, 0.15) is 17.3 Å². The number of methoxy groups -OCH3 is 1. The zero-order valence-electron chi connectivity index (χ0n) is 14.6. The van der Waals surface area contributed by atoms with Crippen molar-refractivity contribution in [2.45, 2.75) is 27.2 Å². The number of aromatic nitrogens is 2. The molecule has 2 N–H and O–H groups in total. The molecule has 1 aromatic heterocycles. The second-order valence-electron chi connectivity index (χ2n) is 5.66. The van der Waals surface area contributed by atoms with Gasteiger partial charge in [-0.25, -0.2) is 9.97 Å². The third-order valence-electron chi connectivity index (χ3n) is 3.75. The topological polar surface area (TPSA) is 76.1 Å². The van der Waals surface area contributed by atoms with E-state index < -0.39 is 0 Å². The number of benzene rings is 1. The summed E-state index contributed by atoms with van der Waals surface area (Å²) in [6.45, 7) is 7.05. The Balaban J connectivity index is 2.13. The molecule has 24 heavy (non-hydrogen) atoms. The number of hydrogen-bond donors (Lipinski definition) is 2. The highest BCUT2D eigenvalue weighted by atomic mass is 16.5. The Bertz CT molecular complexity index is 716. The van der Waals surface area contributed by atoms with Crippen LogP contribution in [0.3, 0.4) is 0 Å². The van der Waals surface area contributed by atoms with Gasteiger partial charge in [-0.2, -0.15) is 0 Å². The normalized spacial score (nSPS) is 10.5. The molecule has 2 rings (SSSR count). The molecule has 0 aliphatic heterocycles. The van der Waals surface area contributed by atoms with E-state index in [2.05, 4.69) is 40.5 Å². The van der Waals surface area contributed by atoms with E-state index in [4.69, 9.17) is 4.74 Å². The van der Waals surface area contributed by atoms with Crippen molar-refractivity contribution in [3.05, 3.63) is 46.9 Å². The molecule has 1 heterocycles. The van der Waals surface area contributed by atoms with Gasteiger partial charge in [0, 0.05) is 32.0 Å². The molecule has 0 fully saturated rings. The highest BCUT2D eigenvalue weighted by molar-refractivity contribution is 5.93. The van der Waals surface area contributed by atoms with E-state index in [1.165, 1.54) is 5.56 Å². The molecule has 0 spiro atoms. The molecule has 6 nitrogen and oxygen atoms in total. The predicted molar refractivity (Wildman–Crippen MR) is 94.8 cm³/mol. The molecular formula is C18H24N4O2. The standard InChI is InChI=1S/C18H24N4O2/c1-12-7-5-8-15(13(12)2)22-17-11-16(20-14(3)21-17)18(23)19-9-6-10-24-4/h5,7-8,11H,6,9-10H2,1-4H3,(H,19,23)(H,20,21,22). The summed E-state index contributed by atoms with van der Waals surface area (Å²) in [5, 5.41) is 6.11. The highest BCUT2D eigenvalue weighted by Crippen LogP contribution is 2.22. The van der Waals surface area contributed by atoms with E-state index in [1.807, 2.05) is 12.1 Å². The molecule has 6 heteroatoms. The first kappa shape index (κ1) is 17.9. The quantitative estimate of drug-likeness (QED) is 0.764. The molecule has 0 bridgehead atoms. The van der Waals surface area contributed by atoms with Gasteiger partial charge in [0.15, 0.2) is 0 Å². The molecule has 0 unspecified atom stereocenters. The summed E-state index contributed by atoms with van der Waals surface area (Å²) in [7, 11) is 1.64. The fourth-order valence-electron chi connectivity index (χ4n) is 2.28. The van der Waals surface area contributed by atoms with Crippen LogP contribution in [-0.2, 0) is 4.74 Å². The van der Waals surface area contributed by atoms with Crippen LogP contribution in [0.25, 0.3) is 0 Å². The number of carbonyl (C=O) groups is 1. The maximum atomic E-state index is 12.2. The Morgan fingerprint density at radius 2 is 2.00 bits per heavy atom.